The number of likely N-dealkylation sites (tertiary alicyclic amines) is 1. The van der Waals surface area contributed by atoms with Gasteiger partial charge in [-0.15, -0.1) is 0 Å². The van der Waals surface area contributed by atoms with Gasteiger partial charge < -0.3 is 16.0 Å². The highest BCUT2D eigenvalue weighted by Gasteiger charge is 2.30. The van der Waals surface area contributed by atoms with E-state index in [-0.39, 0.29) is 23.3 Å². The number of piperidine rings is 1. The number of carbonyl (C=O) groups is 2. The standard InChI is InChI=1S/C13H25N3O2/c1-9(17)16-7-5-10(6-8-16)15-12(18)11(14)13(2,3)4/h10-11H,5-8,14H2,1-4H3,(H,15,18). The van der Waals surface area contributed by atoms with Crippen LogP contribution in [0.15, 0.2) is 0 Å². The van der Waals surface area contributed by atoms with Crippen LogP contribution in [0.5, 0.6) is 0 Å². The summed E-state index contributed by atoms with van der Waals surface area (Å²) in [5, 5.41) is 2.98. The number of carbonyl (C=O) groups excluding carboxylic acids is 2. The van der Waals surface area contributed by atoms with Gasteiger partial charge in [0.15, 0.2) is 0 Å². The van der Waals surface area contributed by atoms with Crippen molar-refractivity contribution in [1.29, 1.82) is 0 Å². The molecule has 18 heavy (non-hydrogen) atoms. The van der Waals surface area contributed by atoms with Crippen LogP contribution < -0.4 is 11.1 Å². The van der Waals surface area contributed by atoms with E-state index in [9.17, 15) is 9.59 Å². The summed E-state index contributed by atoms with van der Waals surface area (Å²) in [6, 6.07) is -0.357. The summed E-state index contributed by atoms with van der Waals surface area (Å²) in [7, 11) is 0. The van der Waals surface area contributed by atoms with Gasteiger partial charge in [-0.2, -0.15) is 0 Å². The number of rotatable bonds is 2. The maximum Gasteiger partial charge on any atom is 0.237 e. The monoisotopic (exact) mass is 255 g/mol. The average Bonchev–Trinajstić information content (AvgIpc) is 2.27. The molecule has 0 aromatic heterocycles. The Morgan fingerprint density at radius 2 is 1.78 bits per heavy atom. The van der Waals surface area contributed by atoms with Crippen LogP contribution in [0, 0.1) is 5.41 Å². The van der Waals surface area contributed by atoms with Crippen molar-refractivity contribution in [3.8, 4) is 0 Å². The Hall–Kier alpha value is -1.10. The Labute approximate surface area is 109 Å². The summed E-state index contributed by atoms with van der Waals surface area (Å²) in [5.74, 6) is 0.00921. The van der Waals surface area contributed by atoms with Gasteiger partial charge in [0.2, 0.25) is 11.8 Å². The van der Waals surface area contributed by atoms with Crippen molar-refractivity contribution in [2.24, 2.45) is 11.1 Å². The number of nitrogens with zero attached hydrogens (tertiary/aromatic N) is 1. The van der Waals surface area contributed by atoms with Gasteiger partial charge in [0.1, 0.15) is 0 Å². The zero-order valence-corrected chi connectivity index (χ0v) is 11.8. The molecular formula is C13H25N3O2. The Kier molecular flexibility index (Phi) is 4.73. The fraction of sp³-hybridized carbons (Fsp3) is 0.846. The second kappa shape index (κ2) is 5.69. The molecule has 1 saturated heterocycles. The third kappa shape index (κ3) is 3.98. The maximum absolute atomic E-state index is 12.0. The van der Waals surface area contributed by atoms with E-state index >= 15 is 0 Å². The minimum atomic E-state index is -0.497. The first-order chi connectivity index (χ1) is 8.21. The molecule has 0 spiro atoms. The van der Waals surface area contributed by atoms with E-state index in [2.05, 4.69) is 5.32 Å². The maximum atomic E-state index is 12.0. The molecule has 0 aromatic carbocycles. The quantitative estimate of drug-likeness (QED) is 0.754. The Bertz CT molecular complexity index is 315. The number of hydrogen-bond acceptors (Lipinski definition) is 3. The first-order valence-electron chi connectivity index (χ1n) is 6.53. The van der Waals surface area contributed by atoms with Crippen LogP contribution >= 0.6 is 0 Å². The molecule has 1 unspecified atom stereocenters. The van der Waals surface area contributed by atoms with Gasteiger partial charge in [-0.1, -0.05) is 20.8 Å². The van der Waals surface area contributed by atoms with E-state index in [1.54, 1.807) is 6.92 Å². The Morgan fingerprint density at radius 3 is 2.17 bits per heavy atom. The first kappa shape index (κ1) is 15.0. The van der Waals surface area contributed by atoms with Crippen LogP contribution in [-0.4, -0.2) is 41.9 Å². The smallest absolute Gasteiger partial charge is 0.237 e. The normalized spacial score (nSPS) is 19.5. The molecule has 0 aliphatic carbocycles. The van der Waals surface area contributed by atoms with Crippen molar-refractivity contribution in [2.75, 3.05) is 13.1 Å². The summed E-state index contributed by atoms with van der Waals surface area (Å²) in [6.07, 6.45) is 1.62. The van der Waals surface area contributed by atoms with Crippen LogP contribution in [0.25, 0.3) is 0 Å². The summed E-state index contributed by atoms with van der Waals surface area (Å²) in [4.78, 5) is 25.0. The summed E-state index contributed by atoms with van der Waals surface area (Å²) < 4.78 is 0. The van der Waals surface area contributed by atoms with E-state index < -0.39 is 6.04 Å². The lowest BCUT2D eigenvalue weighted by atomic mass is 9.86. The van der Waals surface area contributed by atoms with Gasteiger partial charge in [0, 0.05) is 26.1 Å². The van der Waals surface area contributed by atoms with Crippen LogP contribution in [-0.2, 0) is 9.59 Å². The predicted octanol–water partition coefficient (Wildman–Crippen LogP) is 0.487. The van der Waals surface area contributed by atoms with Crippen LogP contribution in [0.1, 0.15) is 40.5 Å². The van der Waals surface area contributed by atoms with Crippen LogP contribution in [0.4, 0.5) is 0 Å². The molecule has 1 fully saturated rings. The zero-order chi connectivity index (χ0) is 13.9. The molecule has 1 aliphatic rings. The molecule has 104 valence electrons. The van der Waals surface area contributed by atoms with Crippen molar-refractivity contribution in [2.45, 2.75) is 52.6 Å². The van der Waals surface area contributed by atoms with E-state index in [1.807, 2.05) is 25.7 Å². The van der Waals surface area contributed by atoms with E-state index in [0.29, 0.717) is 13.1 Å². The Balaban J connectivity index is 2.42. The molecule has 0 saturated carbocycles. The minimum absolute atomic E-state index is 0.0937. The molecule has 5 nitrogen and oxygen atoms in total. The van der Waals surface area contributed by atoms with Crippen molar-refractivity contribution < 1.29 is 9.59 Å². The molecule has 0 aromatic rings. The van der Waals surface area contributed by atoms with Gasteiger partial charge in [-0.3, -0.25) is 9.59 Å². The van der Waals surface area contributed by atoms with Gasteiger partial charge >= 0.3 is 0 Å². The van der Waals surface area contributed by atoms with Gasteiger partial charge in [0.05, 0.1) is 6.04 Å². The first-order valence-corrected chi connectivity index (χ1v) is 6.53. The van der Waals surface area contributed by atoms with Gasteiger partial charge in [0.25, 0.3) is 0 Å². The van der Waals surface area contributed by atoms with Gasteiger partial charge in [-0.05, 0) is 18.3 Å². The SMILES string of the molecule is CC(=O)N1CCC(NC(=O)C(N)C(C)(C)C)CC1. The minimum Gasteiger partial charge on any atom is -0.352 e. The molecule has 3 N–H and O–H groups in total. The van der Waals surface area contributed by atoms with Crippen LogP contribution in [0.3, 0.4) is 0 Å². The molecule has 2 amide bonds. The number of hydrogen-bond donors (Lipinski definition) is 2. The number of nitrogens with one attached hydrogen (secondary N) is 1. The second-order valence-corrected chi connectivity index (χ2v) is 6.13. The fourth-order valence-corrected chi connectivity index (χ4v) is 2.02. The number of nitrogens with two attached hydrogens (primary N) is 1. The molecular weight excluding hydrogens is 230 g/mol. The van der Waals surface area contributed by atoms with Crippen molar-refractivity contribution in [1.82, 2.24) is 10.2 Å². The molecule has 1 atom stereocenters. The molecule has 1 aliphatic heterocycles. The molecule has 0 bridgehead atoms. The van der Waals surface area contributed by atoms with E-state index in [1.165, 1.54) is 0 Å². The van der Waals surface area contributed by atoms with Crippen molar-refractivity contribution in [3.05, 3.63) is 0 Å². The molecule has 5 heteroatoms. The highest BCUT2D eigenvalue weighted by Crippen LogP contribution is 2.18. The summed E-state index contributed by atoms with van der Waals surface area (Å²) in [6.45, 7) is 8.87. The highest BCUT2D eigenvalue weighted by atomic mass is 16.2. The van der Waals surface area contributed by atoms with Crippen molar-refractivity contribution >= 4 is 11.8 Å². The lowest BCUT2D eigenvalue weighted by Crippen LogP contribution is -2.53. The number of amides is 2. The lowest BCUT2D eigenvalue weighted by Gasteiger charge is -2.33. The van der Waals surface area contributed by atoms with Crippen molar-refractivity contribution in [3.63, 3.8) is 0 Å². The predicted molar refractivity (Wildman–Crippen MR) is 70.8 cm³/mol. The molecule has 1 rings (SSSR count). The summed E-state index contributed by atoms with van der Waals surface area (Å²) in [5.41, 5.74) is 5.68. The zero-order valence-electron chi connectivity index (χ0n) is 11.8. The van der Waals surface area contributed by atoms with Gasteiger partial charge in [-0.25, -0.2) is 0 Å². The van der Waals surface area contributed by atoms with E-state index in [4.69, 9.17) is 5.73 Å². The highest BCUT2D eigenvalue weighted by molar-refractivity contribution is 5.82. The fourth-order valence-electron chi connectivity index (χ4n) is 2.02. The van der Waals surface area contributed by atoms with Crippen LogP contribution in [0.2, 0.25) is 0 Å². The molecule has 1 heterocycles. The third-order valence-corrected chi connectivity index (χ3v) is 3.50. The van der Waals surface area contributed by atoms with E-state index in [0.717, 1.165) is 12.8 Å². The largest absolute Gasteiger partial charge is 0.352 e. The third-order valence-electron chi connectivity index (χ3n) is 3.50. The summed E-state index contributed by atoms with van der Waals surface area (Å²) >= 11 is 0. The lowest BCUT2D eigenvalue weighted by molar-refractivity contribution is -0.130. The second-order valence-electron chi connectivity index (χ2n) is 6.13. The average molecular weight is 255 g/mol. The molecule has 0 radical (unpaired) electrons. The topological polar surface area (TPSA) is 75.4 Å². The Morgan fingerprint density at radius 1 is 1.28 bits per heavy atom.